The number of hydrogen-bond acceptors (Lipinski definition) is 6. The molecule has 9 nitrogen and oxygen atoms in total. The summed E-state index contributed by atoms with van der Waals surface area (Å²) in [4.78, 5) is 27.3. The van der Waals surface area contributed by atoms with Crippen molar-refractivity contribution in [1.82, 2.24) is 14.6 Å². The minimum atomic E-state index is -4.78. The molecule has 0 fully saturated rings. The number of ether oxygens (including phenoxy) is 1. The number of benzene rings is 2. The van der Waals surface area contributed by atoms with E-state index in [-0.39, 0.29) is 34.2 Å². The molecule has 2 aromatic carbocycles. The number of methoxy groups -OCH3 is 1. The maximum absolute atomic E-state index is 13.8. The minimum Gasteiger partial charge on any atom is -0.496 e. The molecule has 0 unspecified atom stereocenters. The fourth-order valence-electron chi connectivity index (χ4n) is 3.13. The molecule has 2 heterocycles. The summed E-state index contributed by atoms with van der Waals surface area (Å²) in [5.41, 5.74) is -1.54. The van der Waals surface area contributed by atoms with Gasteiger partial charge in [-0.05, 0) is 18.2 Å². The van der Waals surface area contributed by atoms with Crippen molar-refractivity contribution in [3.05, 3.63) is 80.6 Å². The Morgan fingerprint density at radius 2 is 1.85 bits per heavy atom. The van der Waals surface area contributed by atoms with E-state index in [9.17, 15) is 28.1 Å². The van der Waals surface area contributed by atoms with Crippen molar-refractivity contribution in [3.8, 4) is 17.0 Å². The molecule has 0 aliphatic rings. The fraction of sp³-hybridized carbons (Fsp3) is 0.0952. The Hall–Kier alpha value is -4.00. The van der Waals surface area contributed by atoms with Crippen LogP contribution in [0.3, 0.4) is 0 Å². The minimum absolute atomic E-state index is 0.00709. The van der Waals surface area contributed by atoms with Crippen LogP contribution >= 0.6 is 15.9 Å². The molecule has 174 valence electrons. The van der Waals surface area contributed by atoms with Gasteiger partial charge in [0.25, 0.3) is 11.6 Å². The molecule has 0 aliphatic carbocycles. The molecule has 4 aromatic rings. The third-order valence-electron chi connectivity index (χ3n) is 4.69. The van der Waals surface area contributed by atoms with Crippen molar-refractivity contribution in [2.45, 2.75) is 6.18 Å². The van der Waals surface area contributed by atoms with Crippen molar-refractivity contribution in [2.24, 2.45) is 0 Å². The van der Waals surface area contributed by atoms with E-state index in [1.807, 2.05) is 0 Å². The average molecular weight is 536 g/mol. The first-order valence-electron chi connectivity index (χ1n) is 9.44. The predicted molar refractivity (Wildman–Crippen MR) is 119 cm³/mol. The highest BCUT2D eigenvalue weighted by Crippen LogP contribution is 2.33. The Morgan fingerprint density at radius 3 is 2.47 bits per heavy atom. The number of fused-ring (bicyclic) bond motifs is 1. The van der Waals surface area contributed by atoms with Gasteiger partial charge < -0.3 is 10.1 Å². The molecule has 0 spiro atoms. The second kappa shape index (κ2) is 8.74. The first-order chi connectivity index (χ1) is 16.0. The molecule has 0 radical (unpaired) electrons. The first-order valence-corrected chi connectivity index (χ1v) is 10.2. The largest absolute Gasteiger partial charge is 0.496 e. The number of non-ortho nitro benzene ring substituents is 1. The molecule has 0 saturated carbocycles. The van der Waals surface area contributed by atoms with Gasteiger partial charge in [-0.2, -0.15) is 18.3 Å². The van der Waals surface area contributed by atoms with Gasteiger partial charge in [0.1, 0.15) is 5.75 Å². The molecule has 0 saturated heterocycles. The van der Waals surface area contributed by atoms with E-state index in [4.69, 9.17) is 4.74 Å². The third-order valence-corrected chi connectivity index (χ3v) is 5.21. The summed E-state index contributed by atoms with van der Waals surface area (Å²) in [6.07, 6.45) is -4.78. The number of amides is 1. The number of nitrogens with one attached hydrogen (secondary N) is 1. The van der Waals surface area contributed by atoms with Crippen LogP contribution in [0.2, 0.25) is 0 Å². The van der Waals surface area contributed by atoms with Gasteiger partial charge in [-0.3, -0.25) is 14.9 Å². The monoisotopic (exact) mass is 535 g/mol. The van der Waals surface area contributed by atoms with Crippen LogP contribution in [-0.4, -0.2) is 32.5 Å². The molecule has 0 atom stereocenters. The number of rotatable bonds is 5. The molecule has 2 aromatic heterocycles. The van der Waals surface area contributed by atoms with Crippen LogP contribution in [0.5, 0.6) is 5.75 Å². The standard InChI is InChI=1S/C21H13BrF3N5O4/c1-34-15-7-13(6-14(8-15)30(32)33)26-20(31)17-10-19-27-16(11-2-4-12(22)5-3-11)9-18(21(23,24)25)29(19)28-17/h2-10H,1H3,(H,26,31). The topological polar surface area (TPSA) is 112 Å². The van der Waals surface area contributed by atoms with E-state index in [0.29, 0.717) is 10.1 Å². The Morgan fingerprint density at radius 1 is 1.15 bits per heavy atom. The highest BCUT2D eigenvalue weighted by Gasteiger charge is 2.35. The van der Waals surface area contributed by atoms with Gasteiger partial charge in [0.05, 0.1) is 29.5 Å². The highest BCUT2D eigenvalue weighted by molar-refractivity contribution is 9.10. The van der Waals surface area contributed by atoms with E-state index >= 15 is 0 Å². The van der Waals surface area contributed by atoms with Gasteiger partial charge >= 0.3 is 6.18 Å². The lowest BCUT2D eigenvalue weighted by molar-refractivity contribution is -0.384. The van der Waals surface area contributed by atoms with E-state index in [1.165, 1.54) is 13.2 Å². The maximum atomic E-state index is 13.8. The summed E-state index contributed by atoms with van der Waals surface area (Å²) < 4.78 is 47.6. The van der Waals surface area contributed by atoms with Crippen LogP contribution in [0.1, 0.15) is 16.2 Å². The van der Waals surface area contributed by atoms with Crippen molar-refractivity contribution in [1.29, 1.82) is 0 Å². The molecule has 34 heavy (non-hydrogen) atoms. The normalized spacial score (nSPS) is 11.4. The van der Waals surface area contributed by atoms with Gasteiger partial charge in [0.15, 0.2) is 17.0 Å². The zero-order valence-electron chi connectivity index (χ0n) is 17.1. The number of alkyl halides is 3. The Bertz CT molecular complexity index is 1420. The van der Waals surface area contributed by atoms with Gasteiger partial charge in [-0.1, -0.05) is 28.1 Å². The zero-order valence-corrected chi connectivity index (χ0v) is 18.7. The molecule has 4 rings (SSSR count). The quantitative estimate of drug-likeness (QED) is 0.272. The molecular formula is C21H13BrF3N5O4. The number of carbonyl (C=O) groups excluding carboxylic acids is 1. The van der Waals surface area contributed by atoms with Crippen molar-refractivity contribution in [3.63, 3.8) is 0 Å². The number of nitro groups is 1. The fourth-order valence-corrected chi connectivity index (χ4v) is 3.39. The molecule has 0 aliphatic heterocycles. The number of carbonyl (C=O) groups is 1. The molecular weight excluding hydrogens is 523 g/mol. The van der Waals surface area contributed by atoms with Gasteiger partial charge in [0, 0.05) is 28.2 Å². The summed E-state index contributed by atoms with van der Waals surface area (Å²) in [5.74, 6) is -0.772. The van der Waals surface area contributed by atoms with E-state index in [1.54, 1.807) is 24.3 Å². The Labute approximate surface area is 197 Å². The number of nitrogens with zero attached hydrogens (tertiary/aromatic N) is 4. The predicted octanol–water partition coefficient (Wildman–Crippen LogP) is 5.35. The van der Waals surface area contributed by atoms with Crippen LogP contribution in [-0.2, 0) is 6.18 Å². The Kier molecular flexibility index (Phi) is 5.96. The average Bonchev–Trinajstić information content (AvgIpc) is 3.22. The van der Waals surface area contributed by atoms with Crippen LogP contribution < -0.4 is 10.1 Å². The number of anilines is 1. The number of nitro benzene ring substituents is 1. The summed E-state index contributed by atoms with van der Waals surface area (Å²) >= 11 is 3.27. The lowest BCUT2D eigenvalue weighted by Crippen LogP contribution is -2.16. The van der Waals surface area contributed by atoms with Gasteiger partial charge in [0.2, 0.25) is 0 Å². The van der Waals surface area contributed by atoms with E-state index in [2.05, 4.69) is 31.3 Å². The smallest absolute Gasteiger partial charge is 0.433 e. The zero-order chi connectivity index (χ0) is 24.6. The van der Waals surface area contributed by atoms with Crippen molar-refractivity contribution < 1.29 is 27.6 Å². The maximum Gasteiger partial charge on any atom is 0.433 e. The van der Waals surface area contributed by atoms with Gasteiger partial charge in [-0.25, -0.2) is 9.50 Å². The molecule has 13 heteroatoms. The van der Waals surface area contributed by atoms with Crippen molar-refractivity contribution >= 4 is 38.9 Å². The third kappa shape index (κ3) is 4.69. The second-order valence-electron chi connectivity index (χ2n) is 6.96. The van der Waals surface area contributed by atoms with E-state index in [0.717, 1.165) is 28.7 Å². The lowest BCUT2D eigenvalue weighted by atomic mass is 10.1. The summed E-state index contributed by atoms with van der Waals surface area (Å²) in [5, 5.41) is 17.3. The highest BCUT2D eigenvalue weighted by atomic mass is 79.9. The number of halogens is 4. The van der Waals surface area contributed by atoms with Crippen LogP contribution in [0.15, 0.2) is 59.1 Å². The molecule has 1 amide bonds. The summed E-state index contributed by atoms with van der Waals surface area (Å²) in [7, 11) is 1.29. The summed E-state index contributed by atoms with van der Waals surface area (Å²) in [6, 6.07) is 12.0. The van der Waals surface area contributed by atoms with Crippen molar-refractivity contribution in [2.75, 3.05) is 12.4 Å². The summed E-state index contributed by atoms with van der Waals surface area (Å²) in [6.45, 7) is 0. The lowest BCUT2D eigenvalue weighted by Gasteiger charge is -2.11. The van der Waals surface area contributed by atoms with Crippen LogP contribution in [0.25, 0.3) is 16.9 Å². The second-order valence-corrected chi connectivity index (χ2v) is 7.88. The molecule has 0 bridgehead atoms. The van der Waals surface area contributed by atoms with Crippen LogP contribution in [0.4, 0.5) is 24.5 Å². The first kappa shape index (κ1) is 23.2. The number of hydrogen-bond donors (Lipinski definition) is 1. The Balaban J connectivity index is 1.76. The molecule has 1 N–H and O–H groups in total. The van der Waals surface area contributed by atoms with E-state index < -0.39 is 22.7 Å². The SMILES string of the molecule is COc1cc(NC(=O)c2cc3nc(-c4ccc(Br)cc4)cc(C(F)(F)F)n3n2)cc([N+](=O)[O-])c1. The van der Waals surface area contributed by atoms with Crippen LogP contribution in [0, 0.1) is 10.1 Å². The number of aromatic nitrogens is 3. The van der Waals surface area contributed by atoms with Gasteiger partial charge in [-0.15, -0.1) is 0 Å².